The molecule has 0 fully saturated rings. The molecule has 0 saturated carbocycles. The van der Waals surface area contributed by atoms with E-state index in [4.69, 9.17) is 0 Å². The van der Waals surface area contributed by atoms with Crippen molar-refractivity contribution in [2.45, 2.75) is 19.9 Å². The van der Waals surface area contributed by atoms with Gasteiger partial charge in [0, 0.05) is 13.6 Å². The van der Waals surface area contributed by atoms with Gasteiger partial charge >= 0.3 is 0 Å². The number of nitrogens with zero attached hydrogens (tertiary/aromatic N) is 1. The third-order valence-electron chi connectivity index (χ3n) is 3.74. The number of rotatable bonds is 6. The van der Waals surface area contributed by atoms with E-state index < -0.39 is 0 Å². The molecule has 1 N–H and O–H groups in total. The average Bonchev–Trinajstić information content (AvgIpc) is 2.55. The van der Waals surface area contributed by atoms with Crippen LogP contribution in [0.25, 0.3) is 0 Å². The van der Waals surface area contributed by atoms with Crippen molar-refractivity contribution in [1.29, 1.82) is 0 Å². The molecule has 4 nitrogen and oxygen atoms in total. The minimum absolute atomic E-state index is 0.0219. The van der Waals surface area contributed by atoms with Crippen LogP contribution in [0.15, 0.2) is 54.6 Å². The molecule has 23 heavy (non-hydrogen) atoms. The molecule has 2 aromatic carbocycles. The maximum atomic E-state index is 12.1. The minimum Gasteiger partial charge on any atom is -0.347 e. The summed E-state index contributed by atoms with van der Waals surface area (Å²) >= 11 is 0. The molecule has 2 aromatic rings. The molecule has 2 amide bonds. The Morgan fingerprint density at radius 1 is 1.00 bits per heavy atom. The van der Waals surface area contributed by atoms with Gasteiger partial charge in [-0.2, -0.15) is 0 Å². The summed E-state index contributed by atoms with van der Waals surface area (Å²) in [5, 5.41) is 2.68. The third kappa shape index (κ3) is 5.25. The van der Waals surface area contributed by atoms with Crippen LogP contribution in [-0.4, -0.2) is 30.3 Å². The van der Waals surface area contributed by atoms with Gasteiger partial charge < -0.3 is 10.2 Å². The zero-order valence-electron chi connectivity index (χ0n) is 13.6. The van der Waals surface area contributed by atoms with Gasteiger partial charge in [-0.25, -0.2) is 0 Å². The number of carbonyl (C=O) groups is 2. The summed E-state index contributed by atoms with van der Waals surface area (Å²) in [6.45, 7) is 2.59. The zero-order chi connectivity index (χ0) is 16.7. The smallest absolute Gasteiger partial charge is 0.242 e. The molecule has 0 spiro atoms. The fraction of sp³-hybridized carbons (Fsp3) is 0.263. The number of benzene rings is 2. The minimum atomic E-state index is -0.145. The largest absolute Gasteiger partial charge is 0.347 e. The Bertz CT molecular complexity index is 668. The van der Waals surface area contributed by atoms with Crippen molar-refractivity contribution in [2.75, 3.05) is 13.6 Å². The Hall–Kier alpha value is -2.62. The van der Waals surface area contributed by atoms with E-state index in [-0.39, 0.29) is 24.8 Å². The topological polar surface area (TPSA) is 49.4 Å². The third-order valence-corrected chi connectivity index (χ3v) is 3.74. The van der Waals surface area contributed by atoms with Gasteiger partial charge in [0.25, 0.3) is 0 Å². The lowest BCUT2D eigenvalue weighted by atomic mass is 10.1. The van der Waals surface area contributed by atoms with E-state index in [1.165, 1.54) is 0 Å². The first kappa shape index (κ1) is 16.7. The van der Waals surface area contributed by atoms with E-state index in [0.717, 1.165) is 16.7 Å². The molecule has 0 radical (unpaired) electrons. The van der Waals surface area contributed by atoms with E-state index in [1.54, 1.807) is 11.9 Å². The number of likely N-dealkylation sites (N-methyl/N-ethyl adjacent to an activating group) is 1. The van der Waals surface area contributed by atoms with E-state index in [2.05, 4.69) is 5.32 Å². The lowest BCUT2D eigenvalue weighted by Crippen LogP contribution is -2.38. The van der Waals surface area contributed by atoms with Crippen molar-refractivity contribution in [3.8, 4) is 0 Å². The number of hydrogen-bond donors (Lipinski definition) is 1. The van der Waals surface area contributed by atoms with Crippen LogP contribution >= 0.6 is 0 Å². The Kier molecular flexibility index (Phi) is 5.92. The lowest BCUT2D eigenvalue weighted by molar-refractivity contribution is -0.132. The van der Waals surface area contributed by atoms with Gasteiger partial charge in [-0.05, 0) is 23.6 Å². The summed E-state index contributed by atoms with van der Waals surface area (Å²) in [5.41, 5.74) is 3.20. The van der Waals surface area contributed by atoms with Gasteiger partial charge in [-0.3, -0.25) is 9.59 Å². The first-order chi connectivity index (χ1) is 11.1. The summed E-state index contributed by atoms with van der Waals surface area (Å²) in [6, 6.07) is 17.4. The number of amides is 2. The van der Waals surface area contributed by atoms with Crippen molar-refractivity contribution in [3.63, 3.8) is 0 Å². The zero-order valence-corrected chi connectivity index (χ0v) is 13.6. The van der Waals surface area contributed by atoms with Crippen molar-refractivity contribution in [2.24, 2.45) is 0 Å². The normalized spacial score (nSPS) is 10.2. The molecule has 4 heteroatoms. The second-order valence-electron chi connectivity index (χ2n) is 5.62. The predicted octanol–water partition coefficient (Wildman–Crippen LogP) is 2.31. The van der Waals surface area contributed by atoms with E-state index >= 15 is 0 Å². The average molecular weight is 310 g/mol. The van der Waals surface area contributed by atoms with E-state index in [9.17, 15) is 9.59 Å². The number of hydrogen-bond acceptors (Lipinski definition) is 2. The van der Waals surface area contributed by atoms with Crippen LogP contribution in [0.1, 0.15) is 16.7 Å². The highest BCUT2D eigenvalue weighted by Gasteiger charge is 2.12. The molecule has 0 atom stereocenters. The fourth-order valence-corrected chi connectivity index (χ4v) is 2.28. The first-order valence-electron chi connectivity index (χ1n) is 7.65. The molecule has 0 aromatic heterocycles. The lowest BCUT2D eigenvalue weighted by Gasteiger charge is -2.18. The van der Waals surface area contributed by atoms with Crippen molar-refractivity contribution >= 4 is 11.8 Å². The molecule has 0 aliphatic rings. The van der Waals surface area contributed by atoms with Crippen LogP contribution < -0.4 is 5.32 Å². The molecule has 0 unspecified atom stereocenters. The molecular weight excluding hydrogens is 288 g/mol. The number of aryl methyl sites for hydroxylation is 1. The fourth-order valence-electron chi connectivity index (χ4n) is 2.28. The van der Waals surface area contributed by atoms with Crippen LogP contribution in [0.3, 0.4) is 0 Å². The molecular formula is C19H22N2O2. The van der Waals surface area contributed by atoms with Crippen molar-refractivity contribution < 1.29 is 9.59 Å². The summed E-state index contributed by atoms with van der Waals surface area (Å²) < 4.78 is 0. The van der Waals surface area contributed by atoms with Crippen LogP contribution in [0.2, 0.25) is 0 Å². The highest BCUT2D eigenvalue weighted by Crippen LogP contribution is 2.09. The highest BCUT2D eigenvalue weighted by molar-refractivity contribution is 5.85. The summed E-state index contributed by atoms with van der Waals surface area (Å²) in [5.74, 6) is -0.247. The van der Waals surface area contributed by atoms with Gasteiger partial charge in [0.05, 0.1) is 13.0 Å². The van der Waals surface area contributed by atoms with Gasteiger partial charge in [0.1, 0.15) is 0 Å². The molecule has 0 aliphatic heterocycles. The highest BCUT2D eigenvalue weighted by atomic mass is 16.2. The molecule has 0 bridgehead atoms. The quantitative estimate of drug-likeness (QED) is 0.890. The summed E-state index contributed by atoms with van der Waals surface area (Å²) in [7, 11) is 1.75. The van der Waals surface area contributed by atoms with Gasteiger partial charge in [0.2, 0.25) is 11.8 Å². The molecule has 2 rings (SSSR count). The van der Waals surface area contributed by atoms with E-state index in [0.29, 0.717) is 6.54 Å². The van der Waals surface area contributed by atoms with Crippen LogP contribution in [-0.2, 0) is 22.6 Å². The number of carbonyl (C=O) groups excluding carboxylic acids is 2. The maximum Gasteiger partial charge on any atom is 0.242 e. The van der Waals surface area contributed by atoms with Crippen molar-refractivity contribution in [3.05, 3.63) is 71.3 Å². The molecule has 0 saturated heterocycles. The first-order valence-corrected chi connectivity index (χ1v) is 7.65. The second-order valence-corrected chi connectivity index (χ2v) is 5.62. The standard InChI is InChI=1S/C19H22N2O2/c1-15-8-6-7-11-17(15)14-21(2)19(23)13-20-18(22)12-16-9-4-3-5-10-16/h3-11H,12-14H2,1-2H3,(H,20,22). The summed E-state index contributed by atoms with van der Waals surface area (Å²) in [4.78, 5) is 25.6. The Balaban J connectivity index is 1.80. The van der Waals surface area contributed by atoms with Crippen LogP contribution in [0.5, 0.6) is 0 Å². The predicted molar refractivity (Wildman–Crippen MR) is 90.8 cm³/mol. The van der Waals surface area contributed by atoms with Crippen molar-refractivity contribution in [1.82, 2.24) is 10.2 Å². The summed E-state index contributed by atoms with van der Waals surface area (Å²) in [6.07, 6.45) is 0.287. The van der Waals surface area contributed by atoms with E-state index in [1.807, 2.05) is 61.5 Å². The van der Waals surface area contributed by atoms with Gasteiger partial charge in [0.15, 0.2) is 0 Å². The number of nitrogens with one attached hydrogen (secondary N) is 1. The molecule has 120 valence electrons. The Labute approximate surface area is 137 Å². The van der Waals surface area contributed by atoms with Crippen LogP contribution in [0.4, 0.5) is 0 Å². The maximum absolute atomic E-state index is 12.1. The Morgan fingerprint density at radius 3 is 2.35 bits per heavy atom. The van der Waals surface area contributed by atoms with Gasteiger partial charge in [-0.1, -0.05) is 54.6 Å². The molecule has 0 heterocycles. The van der Waals surface area contributed by atoms with Gasteiger partial charge in [-0.15, -0.1) is 0 Å². The SMILES string of the molecule is Cc1ccccc1CN(C)C(=O)CNC(=O)Cc1ccccc1. The molecule has 0 aliphatic carbocycles. The monoisotopic (exact) mass is 310 g/mol. The second kappa shape index (κ2) is 8.13. The Morgan fingerprint density at radius 2 is 1.65 bits per heavy atom. The van der Waals surface area contributed by atoms with Crippen LogP contribution in [0, 0.1) is 6.92 Å².